The quantitative estimate of drug-likeness (QED) is 0.706. The van der Waals surface area contributed by atoms with E-state index in [4.69, 9.17) is 4.74 Å². The van der Waals surface area contributed by atoms with Crippen LogP contribution in [0.1, 0.15) is 63.5 Å². The Morgan fingerprint density at radius 2 is 1.58 bits per heavy atom. The Labute approximate surface area is 118 Å². The zero-order valence-electron chi connectivity index (χ0n) is 13.1. The first-order chi connectivity index (χ1) is 9.07. The van der Waals surface area contributed by atoms with Crippen LogP contribution < -0.4 is 10.1 Å². The molecule has 0 fully saturated rings. The van der Waals surface area contributed by atoms with Crippen LogP contribution in [0.15, 0.2) is 18.2 Å². The minimum Gasteiger partial charge on any atom is -0.493 e. The van der Waals surface area contributed by atoms with E-state index >= 15 is 0 Å². The standard InChI is InChI=1S/C17H29NO/c1-13(2)15-9-8-10-16(14(3)4)17(15)19-12-7-6-11-18-5/h8-10,13-14,18H,6-7,11-12H2,1-5H3. The van der Waals surface area contributed by atoms with Crippen LogP contribution in [0.4, 0.5) is 0 Å². The molecule has 19 heavy (non-hydrogen) atoms. The number of para-hydroxylation sites is 1. The van der Waals surface area contributed by atoms with Gasteiger partial charge in [-0.3, -0.25) is 0 Å². The van der Waals surface area contributed by atoms with Crippen LogP contribution in [0.2, 0.25) is 0 Å². The number of hydrogen-bond acceptors (Lipinski definition) is 2. The second-order valence-corrected chi connectivity index (χ2v) is 5.73. The summed E-state index contributed by atoms with van der Waals surface area (Å²) in [7, 11) is 1.99. The van der Waals surface area contributed by atoms with E-state index in [-0.39, 0.29) is 0 Å². The number of ether oxygens (including phenoxy) is 1. The number of unbranched alkanes of at least 4 members (excludes halogenated alkanes) is 1. The van der Waals surface area contributed by atoms with Crippen LogP contribution in [0.25, 0.3) is 0 Å². The number of benzene rings is 1. The molecule has 108 valence electrons. The Balaban J connectivity index is 2.77. The largest absolute Gasteiger partial charge is 0.493 e. The molecule has 0 radical (unpaired) electrons. The van der Waals surface area contributed by atoms with E-state index < -0.39 is 0 Å². The van der Waals surface area contributed by atoms with E-state index in [2.05, 4.69) is 51.2 Å². The zero-order valence-corrected chi connectivity index (χ0v) is 13.1. The van der Waals surface area contributed by atoms with Crippen molar-refractivity contribution in [2.45, 2.75) is 52.4 Å². The average molecular weight is 263 g/mol. The van der Waals surface area contributed by atoms with E-state index in [0.29, 0.717) is 11.8 Å². The molecule has 0 unspecified atom stereocenters. The molecule has 0 bridgehead atoms. The predicted octanol–water partition coefficient (Wildman–Crippen LogP) is 4.31. The highest BCUT2D eigenvalue weighted by molar-refractivity contribution is 5.44. The maximum Gasteiger partial charge on any atom is 0.126 e. The van der Waals surface area contributed by atoms with Gasteiger partial charge >= 0.3 is 0 Å². The van der Waals surface area contributed by atoms with Crippen LogP contribution in [-0.2, 0) is 0 Å². The topological polar surface area (TPSA) is 21.3 Å². The molecule has 0 aliphatic rings. The Hall–Kier alpha value is -1.02. The highest BCUT2D eigenvalue weighted by Gasteiger charge is 2.14. The van der Waals surface area contributed by atoms with Gasteiger partial charge in [0.05, 0.1) is 6.61 Å². The van der Waals surface area contributed by atoms with Crippen molar-refractivity contribution in [1.29, 1.82) is 0 Å². The molecule has 2 heteroatoms. The van der Waals surface area contributed by atoms with Crippen molar-refractivity contribution in [3.8, 4) is 5.75 Å². The lowest BCUT2D eigenvalue weighted by Gasteiger charge is -2.20. The van der Waals surface area contributed by atoms with Gasteiger partial charge in [-0.05, 0) is 49.4 Å². The molecular weight excluding hydrogens is 234 g/mol. The summed E-state index contributed by atoms with van der Waals surface area (Å²) in [6.07, 6.45) is 2.27. The summed E-state index contributed by atoms with van der Waals surface area (Å²) in [5.41, 5.74) is 2.67. The molecule has 0 saturated heterocycles. The SMILES string of the molecule is CNCCCCOc1c(C(C)C)cccc1C(C)C. The molecule has 0 atom stereocenters. The van der Waals surface area contributed by atoms with Crippen molar-refractivity contribution in [1.82, 2.24) is 5.32 Å². The summed E-state index contributed by atoms with van der Waals surface area (Å²) < 4.78 is 6.11. The smallest absolute Gasteiger partial charge is 0.126 e. The monoisotopic (exact) mass is 263 g/mol. The van der Waals surface area contributed by atoms with Gasteiger partial charge in [0.2, 0.25) is 0 Å². The van der Waals surface area contributed by atoms with Gasteiger partial charge in [-0.25, -0.2) is 0 Å². The molecule has 0 heterocycles. The maximum absolute atomic E-state index is 6.11. The van der Waals surface area contributed by atoms with Crippen molar-refractivity contribution >= 4 is 0 Å². The fourth-order valence-corrected chi connectivity index (χ4v) is 2.23. The second kappa shape index (κ2) is 8.21. The third-order valence-corrected chi connectivity index (χ3v) is 3.39. The van der Waals surface area contributed by atoms with E-state index in [1.165, 1.54) is 11.1 Å². The Kier molecular flexibility index (Phi) is 6.93. The van der Waals surface area contributed by atoms with Crippen molar-refractivity contribution < 1.29 is 4.74 Å². The molecule has 1 rings (SSSR count). The molecule has 0 amide bonds. The summed E-state index contributed by atoms with van der Waals surface area (Å²) in [6, 6.07) is 6.54. The third kappa shape index (κ3) is 4.87. The number of nitrogens with one attached hydrogen (secondary N) is 1. The van der Waals surface area contributed by atoms with Crippen molar-refractivity contribution in [3.63, 3.8) is 0 Å². The Morgan fingerprint density at radius 3 is 2.05 bits per heavy atom. The maximum atomic E-state index is 6.11. The molecule has 0 aromatic heterocycles. The van der Waals surface area contributed by atoms with Crippen LogP contribution in [0.3, 0.4) is 0 Å². The van der Waals surface area contributed by atoms with E-state index in [1.807, 2.05) is 7.05 Å². The molecule has 0 aliphatic heterocycles. The van der Waals surface area contributed by atoms with E-state index in [0.717, 1.165) is 31.7 Å². The summed E-state index contributed by atoms with van der Waals surface area (Å²) >= 11 is 0. The molecule has 0 aliphatic carbocycles. The first kappa shape index (κ1) is 16.0. The fourth-order valence-electron chi connectivity index (χ4n) is 2.23. The lowest BCUT2D eigenvalue weighted by Crippen LogP contribution is -2.10. The average Bonchev–Trinajstić information content (AvgIpc) is 2.38. The normalized spacial score (nSPS) is 11.3. The molecule has 1 aromatic rings. The third-order valence-electron chi connectivity index (χ3n) is 3.39. The molecule has 2 nitrogen and oxygen atoms in total. The van der Waals surface area contributed by atoms with Crippen LogP contribution in [-0.4, -0.2) is 20.2 Å². The number of hydrogen-bond donors (Lipinski definition) is 1. The fraction of sp³-hybridized carbons (Fsp3) is 0.647. The van der Waals surface area contributed by atoms with Crippen LogP contribution in [0.5, 0.6) is 5.75 Å². The van der Waals surface area contributed by atoms with Gasteiger partial charge in [0.25, 0.3) is 0 Å². The first-order valence-corrected chi connectivity index (χ1v) is 7.48. The number of rotatable bonds is 8. The minimum absolute atomic E-state index is 0.506. The highest BCUT2D eigenvalue weighted by Crippen LogP contribution is 2.34. The van der Waals surface area contributed by atoms with E-state index in [9.17, 15) is 0 Å². The highest BCUT2D eigenvalue weighted by atomic mass is 16.5. The van der Waals surface area contributed by atoms with Gasteiger partial charge in [-0.15, -0.1) is 0 Å². The minimum atomic E-state index is 0.506. The molecule has 0 spiro atoms. The van der Waals surface area contributed by atoms with Gasteiger partial charge < -0.3 is 10.1 Å². The summed E-state index contributed by atoms with van der Waals surface area (Å²) in [6.45, 7) is 10.8. The van der Waals surface area contributed by atoms with E-state index in [1.54, 1.807) is 0 Å². The summed E-state index contributed by atoms with van der Waals surface area (Å²) in [5, 5.41) is 3.17. The molecule has 1 N–H and O–H groups in total. The summed E-state index contributed by atoms with van der Waals surface area (Å²) in [4.78, 5) is 0. The zero-order chi connectivity index (χ0) is 14.3. The van der Waals surface area contributed by atoms with Crippen LogP contribution >= 0.6 is 0 Å². The lowest BCUT2D eigenvalue weighted by atomic mass is 9.94. The van der Waals surface area contributed by atoms with Crippen molar-refractivity contribution in [2.24, 2.45) is 0 Å². The predicted molar refractivity (Wildman–Crippen MR) is 83.3 cm³/mol. The molecular formula is C17H29NO. The van der Waals surface area contributed by atoms with Crippen molar-refractivity contribution in [2.75, 3.05) is 20.2 Å². The first-order valence-electron chi connectivity index (χ1n) is 7.48. The van der Waals surface area contributed by atoms with Gasteiger partial charge in [-0.1, -0.05) is 45.9 Å². The second-order valence-electron chi connectivity index (χ2n) is 5.73. The van der Waals surface area contributed by atoms with Gasteiger partial charge in [0, 0.05) is 0 Å². The van der Waals surface area contributed by atoms with Gasteiger partial charge in [-0.2, -0.15) is 0 Å². The Bertz CT molecular complexity index is 345. The van der Waals surface area contributed by atoms with Crippen molar-refractivity contribution in [3.05, 3.63) is 29.3 Å². The molecule has 1 aromatic carbocycles. The lowest BCUT2D eigenvalue weighted by molar-refractivity contribution is 0.298. The van der Waals surface area contributed by atoms with Gasteiger partial charge in [0.15, 0.2) is 0 Å². The van der Waals surface area contributed by atoms with Crippen LogP contribution in [0, 0.1) is 0 Å². The Morgan fingerprint density at radius 1 is 1.00 bits per heavy atom. The van der Waals surface area contributed by atoms with Gasteiger partial charge in [0.1, 0.15) is 5.75 Å². The molecule has 0 saturated carbocycles. The summed E-state index contributed by atoms with van der Waals surface area (Å²) in [5.74, 6) is 2.13.